The Hall–Kier alpha value is -1.42. The van der Waals surface area contributed by atoms with Gasteiger partial charge in [-0.25, -0.2) is 0 Å². The molecule has 0 heterocycles. The van der Waals surface area contributed by atoms with Crippen molar-refractivity contribution in [3.05, 3.63) is 23.8 Å². The number of halogens is 1. The molecule has 0 bridgehead atoms. The Labute approximate surface area is 125 Å². The predicted octanol–water partition coefficient (Wildman–Crippen LogP) is 3.12. The van der Waals surface area contributed by atoms with Crippen LogP contribution in [-0.2, 0) is 11.3 Å². The summed E-state index contributed by atoms with van der Waals surface area (Å²) in [5.41, 5.74) is 0.861. The Bertz CT molecular complexity index is 437. The van der Waals surface area contributed by atoms with Crippen LogP contribution in [0.15, 0.2) is 18.2 Å². The third-order valence-corrected chi connectivity index (χ3v) is 3.45. The van der Waals surface area contributed by atoms with E-state index in [0.717, 1.165) is 18.4 Å². The first-order chi connectivity index (χ1) is 9.63. The number of hydrogen-bond acceptors (Lipinski definition) is 3. The van der Waals surface area contributed by atoms with Gasteiger partial charge in [0.25, 0.3) is 0 Å². The number of para-hydroxylation sites is 1. The van der Waals surface area contributed by atoms with Crippen molar-refractivity contribution in [1.82, 2.24) is 5.32 Å². The summed E-state index contributed by atoms with van der Waals surface area (Å²) in [6.45, 7) is 2.44. The highest BCUT2D eigenvalue weighted by Gasteiger charge is 2.15. The minimum absolute atomic E-state index is 0.148. The van der Waals surface area contributed by atoms with E-state index in [0.29, 0.717) is 24.5 Å². The number of rotatable bonds is 8. The van der Waals surface area contributed by atoms with Crippen molar-refractivity contribution >= 4 is 17.5 Å². The van der Waals surface area contributed by atoms with Crippen molar-refractivity contribution in [2.75, 3.05) is 14.2 Å². The van der Waals surface area contributed by atoms with Crippen molar-refractivity contribution in [1.29, 1.82) is 0 Å². The number of methoxy groups -OCH3 is 2. The van der Waals surface area contributed by atoms with Gasteiger partial charge in [0.15, 0.2) is 11.5 Å². The van der Waals surface area contributed by atoms with Crippen LogP contribution >= 0.6 is 11.6 Å². The number of carbonyl (C=O) groups excluding carboxylic acids is 1. The average Bonchev–Trinajstić information content (AvgIpc) is 2.49. The summed E-state index contributed by atoms with van der Waals surface area (Å²) in [5.74, 6) is 1.13. The zero-order chi connectivity index (χ0) is 15.0. The van der Waals surface area contributed by atoms with Crippen LogP contribution in [0.25, 0.3) is 0 Å². The van der Waals surface area contributed by atoms with Gasteiger partial charge in [0.1, 0.15) is 5.38 Å². The van der Waals surface area contributed by atoms with Gasteiger partial charge in [-0.15, -0.1) is 11.6 Å². The fourth-order valence-electron chi connectivity index (χ4n) is 1.90. The van der Waals surface area contributed by atoms with E-state index in [4.69, 9.17) is 21.1 Å². The monoisotopic (exact) mass is 299 g/mol. The molecule has 0 aliphatic carbocycles. The fraction of sp³-hybridized carbons (Fsp3) is 0.533. The zero-order valence-electron chi connectivity index (χ0n) is 12.2. The van der Waals surface area contributed by atoms with Gasteiger partial charge in [-0.1, -0.05) is 31.9 Å². The number of nitrogens with one attached hydrogen (secondary N) is 1. The number of carbonyl (C=O) groups is 1. The van der Waals surface area contributed by atoms with Gasteiger partial charge in [0.05, 0.1) is 14.2 Å². The van der Waals surface area contributed by atoms with Crippen LogP contribution in [0.3, 0.4) is 0 Å². The van der Waals surface area contributed by atoms with Gasteiger partial charge >= 0.3 is 0 Å². The summed E-state index contributed by atoms with van der Waals surface area (Å²) in [4.78, 5) is 11.9. The first-order valence-corrected chi connectivity index (χ1v) is 7.19. The van der Waals surface area contributed by atoms with Gasteiger partial charge in [-0.05, 0) is 12.5 Å². The van der Waals surface area contributed by atoms with E-state index in [-0.39, 0.29) is 5.91 Å². The summed E-state index contributed by atoms with van der Waals surface area (Å²) in [5, 5.41) is 2.35. The number of hydrogen-bond donors (Lipinski definition) is 1. The zero-order valence-corrected chi connectivity index (χ0v) is 13.0. The molecule has 1 aromatic rings. The second-order valence-electron chi connectivity index (χ2n) is 4.48. The Morgan fingerprint density at radius 1 is 1.35 bits per heavy atom. The van der Waals surface area contributed by atoms with Gasteiger partial charge in [-0.2, -0.15) is 0 Å². The lowest BCUT2D eigenvalue weighted by atomic mass is 10.1. The normalized spacial score (nSPS) is 11.8. The molecule has 0 spiro atoms. The van der Waals surface area contributed by atoms with Crippen LogP contribution in [0.2, 0.25) is 0 Å². The van der Waals surface area contributed by atoms with E-state index in [9.17, 15) is 4.79 Å². The molecular formula is C15H22ClNO3. The Balaban J connectivity index is 2.63. The topological polar surface area (TPSA) is 47.6 Å². The number of ether oxygens (including phenoxy) is 2. The van der Waals surface area contributed by atoms with Crippen LogP contribution in [0, 0.1) is 0 Å². The van der Waals surface area contributed by atoms with E-state index >= 15 is 0 Å². The van der Waals surface area contributed by atoms with Crippen LogP contribution in [-0.4, -0.2) is 25.5 Å². The quantitative estimate of drug-likeness (QED) is 0.750. The standard InChI is InChI=1S/C15H22ClNO3/c1-4-5-8-12(16)15(18)17-10-11-7-6-9-13(19-2)14(11)20-3/h6-7,9,12H,4-5,8,10H2,1-3H3,(H,17,18). The lowest BCUT2D eigenvalue weighted by molar-refractivity contribution is -0.121. The Kier molecular flexibility index (Phi) is 7.23. The molecule has 0 fully saturated rings. The van der Waals surface area contributed by atoms with Crippen molar-refractivity contribution in [3.63, 3.8) is 0 Å². The first kappa shape index (κ1) is 16.6. The smallest absolute Gasteiger partial charge is 0.238 e. The fourth-order valence-corrected chi connectivity index (χ4v) is 2.13. The molecule has 5 heteroatoms. The molecule has 0 saturated heterocycles. The van der Waals surface area contributed by atoms with Crippen LogP contribution < -0.4 is 14.8 Å². The maximum atomic E-state index is 11.9. The molecule has 0 saturated carbocycles. The maximum absolute atomic E-state index is 11.9. The highest BCUT2D eigenvalue weighted by atomic mass is 35.5. The highest BCUT2D eigenvalue weighted by Crippen LogP contribution is 2.30. The summed E-state index contributed by atoms with van der Waals surface area (Å²) in [6, 6.07) is 5.56. The molecule has 0 aliphatic heterocycles. The molecule has 1 atom stereocenters. The molecule has 1 aromatic carbocycles. The minimum atomic E-state index is -0.480. The number of unbranched alkanes of at least 4 members (excludes halogenated alkanes) is 1. The molecule has 0 aromatic heterocycles. The van der Waals surface area contributed by atoms with E-state index in [2.05, 4.69) is 12.2 Å². The van der Waals surface area contributed by atoms with Crippen LogP contribution in [0.5, 0.6) is 11.5 Å². The average molecular weight is 300 g/mol. The Morgan fingerprint density at radius 3 is 2.70 bits per heavy atom. The molecular weight excluding hydrogens is 278 g/mol. The molecule has 4 nitrogen and oxygen atoms in total. The molecule has 0 radical (unpaired) electrons. The summed E-state index contributed by atoms with van der Waals surface area (Å²) in [7, 11) is 3.16. The largest absolute Gasteiger partial charge is 0.493 e. The van der Waals surface area contributed by atoms with Crippen molar-refractivity contribution in [2.45, 2.75) is 38.1 Å². The van der Waals surface area contributed by atoms with Crippen molar-refractivity contribution in [2.24, 2.45) is 0 Å². The van der Waals surface area contributed by atoms with E-state index < -0.39 is 5.38 Å². The second-order valence-corrected chi connectivity index (χ2v) is 5.01. The molecule has 1 rings (SSSR count). The minimum Gasteiger partial charge on any atom is -0.493 e. The molecule has 112 valence electrons. The maximum Gasteiger partial charge on any atom is 0.238 e. The van der Waals surface area contributed by atoms with E-state index in [1.165, 1.54) is 0 Å². The highest BCUT2D eigenvalue weighted by molar-refractivity contribution is 6.30. The van der Waals surface area contributed by atoms with Crippen molar-refractivity contribution in [3.8, 4) is 11.5 Å². The van der Waals surface area contributed by atoms with E-state index in [1.54, 1.807) is 14.2 Å². The van der Waals surface area contributed by atoms with Crippen LogP contribution in [0.4, 0.5) is 0 Å². The predicted molar refractivity (Wildman–Crippen MR) is 80.6 cm³/mol. The molecule has 1 amide bonds. The molecule has 1 unspecified atom stereocenters. The van der Waals surface area contributed by atoms with Gasteiger partial charge in [-0.3, -0.25) is 4.79 Å². The van der Waals surface area contributed by atoms with E-state index in [1.807, 2.05) is 18.2 Å². The third kappa shape index (κ3) is 4.60. The second kappa shape index (κ2) is 8.69. The lowest BCUT2D eigenvalue weighted by Crippen LogP contribution is -2.31. The molecule has 20 heavy (non-hydrogen) atoms. The SMILES string of the molecule is CCCCC(Cl)C(=O)NCc1cccc(OC)c1OC. The number of alkyl halides is 1. The third-order valence-electron chi connectivity index (χ3n) is 3.03. The van der Waals surface area contributed by atoms with Gasteiger partial charge in [0.2, 0.25) is 5.91 Å². The van der Waals surface area contributed by atoms with Gasteiger partial charge < -0.3 is 14.8 Å². The lowest BCUT2D eigenvalue weighted by Gasteiger charge is -2.14. The van der Waals surface area contributed by atoms with Gasteiger partial charge in [0, 0.05) is 12.1 Å². The summed E-state index contributed by atoms with van der Waals surface area (Å²) in [6.07, 6.45) is 2.67. The number of benzene rings is 1. The summed E-state index contributed by atoms with van der Waals surface area (Å²) < 4.78 is 10.5. The summed E-state index contributed by atoms with van der Waals surface area (Å²) >= 11 is 6.04. The first-order valence-electron chi connectivity index (χ1n) is 6.75. The molecule has 1 N–H and O–H groups in total. The molecule has 0 aliphatic rings. The number of amides is 1. The van der Waals surface area contributed by atoms with Crippen molar-refractivity contribution < 1.29 is 14.3 Å². The Morgan fingerprint density at radius 2 is 2.10 bits per heavy atom. The van der Waals surface area contributed by atoms with Crippen LogP contribution in [0.1, 0.15) is 31.7 Å².